The summed E-state index contributed by atoms with van der Waals surface area (Å²) < 4.78 is 0. The molecule has 0 aromatic carbocycles. The van der Waals surface area contributed by atoms with E-state index in [0.717, 1.165) is 0 Å². The third-order valence-corrected chi connectivity index (χ3v) is 2.67. The summed E-state index contributed by atoms with van der Waals surface area (Å²) >= 11 is 0. The summed E-state index contributed by atoms with van der Waals surface area (Å²) in [7, 11) is 0. The summed E-state index contributed by atoms with van der Waals surface area (Å²) in [5.74, 6) is -1.26. The Hall–Kier alpha value is -0.696. The quantitative estimate of drug-likeness (QED) is 0.292. The van der Waals surface area contributed by atoms with Crippen LogP contribution in [0.1, 0.15) is 12.8 Å². The number of Topliss-reactive ketones (excluding diaryl/α,β-unsaturated/α-hetero) is 1. The first-order chi connectivity index (χ1) is 9.02. The molecule has 1 aliphatic heterocycles. The van der Waals surface area contributed by atoms with Crippen molar-refractivity contribution in [1.29, 1.82) is 0 Å². The SMILES string of the molecule is NC1CNC(=O)CC(=O)NCCC([C-]=O)NCC1=O.[Y]. The minimum atomic E-state index is -0.868. The third kappa shape index (κ3) is 7.18. The van der Waals surface area contributed by atoms with Crippen LogP contribution in [0.25, 0.3) is 0 Å². The molecule has 1 radical (unpaired) electrons. The maximum Gasteiger partial charge on any atom is 0.229 e. The molecule has 2 unspecified atom stereocenters. The third-order valence-electron chi connectivity index (χ3n) is 2.67. The van der Waals surface area contributed by atoms with Crippen molar-refractivity contribution < 1.29 is 51.9 Å². The minimum Gasteiger partial charge on any atom is -0.540 e. The number of amides is 2. The van der Waals surface area contributed by atoms with E-state index >= 15 is 0 Å². The molecule has 20 heavy (non-hydrogen) atoms. The molecule has 0 saturated carbocycles. The van der Waals surface area contributed by atoms with E-state index in [-0.39, 0.29) is 64.5 Å². The van der Waals surface area contributed by atoms with E-state index in [1.165, 1.54) is 0 Å². The molecule has 9 heteroatoms. The standard InChI is InChI=1S/C11H17N4O4.Y/c12-8-4-15-11(19)3-10(18)13-2-1-7(6-16)14-5-9(8)17;/h7-8,14H,1-5,12H2,(H,13,18)(H,15,19);/q-1;. The largest absolute Gasteiger partial charge is 0.540 e. The van der Waals surface area contributed by atoms with Gasteiger partial charge < -0.3 is 26.5 Å². The van der Waals surface area contributed by atoms with Gasteiger partial charge in [-0.05, 0) is 6.42 Å². The zero-order valence-electron chi connectivity index (χ0n) is 11.0. The van der Waals surface area contributed by atoms with Crippen molar-refractivity contribution in [3.05, 3.63) is 0 Å². The van der Waals surface area contributed by atoms with Crippen molar-refractivity contribution >= 4 is 23.9 Å². The Morgan fingerprint density at radius 2 is 1.80 bits per heavy atom. The predicted octanol–water partition coefficient (Wildman–Crippen LogP) is -3.03. The molecule has 0 aromatic heterocycles. The molecule has 2 atom stereocenters. The molecule has 1 saturated heterocycles. The van der Waals surface area contributed by atoms with Crippen LogP contribution in [0.4, 0.5) is 0 Å². The minimum absolute atomic E-state index is 0. The molecule has 0 aromatic rings. The fourth-order valence-corrected chi connectivity index (χ4v) is 1.52. The Balaban J connectivity index is 0.00000361. The van der Waals surface area contributed by atoms with Gasteiger partial charge >= 0.3 is 0 Å². The monoisotopic (exact) mass is 358 g/mol. The van der Waals surface area contributed by atoms with E-state index in [1.54, 1.807) is 6.29 Å². The first kappa shape index (κ1) is 19.3. The van der Waals surface area contributed by atoms with Gasteiger partial charge in [-0.2, -0.15) is 0 Å². The molecule has 1 rings (SSSR count). The van der Waals surface area contributed by atoms with Crippen LogP contribution in [0, 0.1) is 0 Å². The molecular formula is C11H17N4O4Y-. The molecular weight excluding hydrogens is 341 g/mol. The van der Waals surface area contributed by atoms with Crippen molar-refractivity contribution in [2.45, 2.75) is 24.9 Å². The van der Waals surface area contributed by atoms with Crippen LogP contribution >= 0.6 is 0 Å². The van der Waals surface area contributed by atoms with Crippen LogP contribution in [0.2, 0.25) is 0 Å². The normalized spacial score (nSPS) is 25.9. The summed E-state index contributed by atoms with van der Waals surface area (Å²) in [6.45, 7) is 0.103. The number of carbonyl (C=O) groups excluding carboxylic acids is 4. The van der Waals surface area contributed by atoms with E-state index in [4.69, 9.17) is 5.73 Å². The molecule has 5 N–H and O–H groups in total. The summed E-state index contributed by atoms with van der Waals surface area (Å²) in [6, 6.07) is -1.52. The van der Waals surface area contributed by atoms with E-state index in [1.807, 2.05) is 0 Å². The van der Waals surface area contributed by atoms with Crippen LogP contribution in [0.5, 0.6) is 0 Å². The average Bonchev–Trinajstić information content (AvgIpc) is 2.39. The van der Waals surface area contributed by atoms with E-state index in [2.05, 4.69) is 16.0 Å². The molecule has 1 fully saturated rings. The predicted molar refractivity (Wildman–Crippen MR) is 65.7 cm³/mol. The van der Waals surface area contributed by atoms with Crippen molar-refractivity contribution in [3.63, 3.8) is 0 Å². The molecule has 0 aliphatic carbocycles. The molecule has 1 heterocycles. The number of hydrogen-bond acceptors (Lipinski definition) is 6. The molecule has 109 valence electrons. The Morgan fingerprint density at radius 3 is 2.45 bits per heavy atom. The zero-order valence-corrected chi connectivity index (χ0v) is 13.8. The van der Waals surface area contributed by atoms with Crippen molar-refractivity contribution in [2.75, 3.05) is 19.6 Å². The Labute approximate surface area is 141 Å². The number of hydrogen-bond donors (Lipinski definition) is 4. The van der Waals surface area contributed by atoms with Gasteiger partial charge in [0.15, 0.2) is 5.78 Å². The summed E-state index contributed by atoms with van der Waals surface area (Å²) in [6.07, 6.45) is 1.70. The van der Waals surface area contributed by atoms with Gasteiger partial charge in [-0.15, -0.1) is 0 Å². The maximum atomic E-state index is 11.6. The second kappa shape index (κ2) is 10.1. The van der Waals surface area contributed by atoms with Gasteiger partial charge in [-0.1, -0.05) is 6.04 Å². The van der Waals surface area contributed by atoms with E-state index in [9.17, 15) is 19.2 Å². The molecule has 0 bridgehead atoms. The Bertz CT molecular complexity index is 377. The van der Waals surface area contributed by atoms with Crippen molar-refractivity contribution in [3.8, 4) is 0 Å². The summed E-state index contributed by atoms with van der Waals surface area (Å²) in [5, 5.41) is 7.61. The van der Waals surface area contributed by atoms with Crippen LogP contribution in [-0.4, -0.2) is 55.6 Å². The average molecular weight is 358 g/mol. The Kier molecular flexibility index (Phi) is 9.74. The number of ketones is 1. The van der Waals surface area contributed by atoms with E-state index < -0.39 is 23.9 Å². The molecule has 1 aliphatic rings. The van der Waals surface area contributed by atoms with Crippen LogP contribution < -0.4 is 21.7 Å². The second-order valence-corrected chi connectivity index (χ2v) is 4.24. The van der Waals surface area contributed by atoms with Gasteiger partial charge in [0.05, 0.1) is 12.6 Å². The van der Waals surface area contributed by atoms with Crippen molar-refractivity contribution in [2.24, 2.45) is 5.73 Å². The number of nitrogens with one attached hydrogen (secondary N) is 3. The number of nitrogens with two attached hydrogens (primary N) is 1. The van der Waals surface area contributed by atoms with Gasteiger partial charge in [-0.3, -0.25) is 14.4 Å². The van der Waals surface area contributed by atoms with E-state index in [0.29, 0.717) is 6.42 Å². The van der Waals surface area contributed by atoms with Gasteiger partial charge in [0.1, 0.15) is 6.42 Å². The first-order valence-electron chi connectivity index (χ1n) is 5.95. The van der Waals surface area contributed by atoms with Crippen LogP contribution in [0.3, 0.4) is 0 Å². The maximum absolute atomic E-state index is 11.6. The zero-order chi connectivity index (χ0) is 14.3. The number of carbonyl (C=O) groups is 3. The van der Waals surface area contributed by atoms with Gasteiger partial charge in [0, 0.05) is 45.8 Å². The topological polar surface area (TPSA) is 130 Å². The summed E-state index contributed by atoms with van der Waals surface area (Å²) in [4.78, 5) is 45.0. The van der Waals surface area contributed by atoms with Gasteiger partial charge in [0.2, 0.25) is 11.8 Å². The fraction of sp³-hybridized carbons (Fsp3) is 0.636. The first-order valence-corrected chi connectivity index (χ1v) is 5.95. The molecule has 8 nitrogen and oxygen atoms in total. The van der Waals surface area contributed by atoms with Crippen LogP contribution in [0.15, 0.2) is 0 Å². The van der Waals surface area contributed by atoms with Gasteiger partial charge in [-0.25, -0.2) is 6.29 Å². The smallest absolute Gasteiger partial charge is 0.229 e. The Morgan fingerprint density at radius 1 is 1.15 bits per heavy atom. The molecule has 2 amide bonds. The fourth-order valence-electron chi connectivity index (χ4n) is 1.52. The number of rotatable bonds is 1. The summed E-state index contributed by atoms with van der Waals surface area (Å²) in [5.41, 5.74) is 5.58. The van der Waals surface area contributed by atoms with Crippen molar-refractivity contribution in [1.82, 2.24) is 16.0 Å². The van der Waals surface area contributed by atoms with Gasteiger partial charge in [0.25, 0.3) is 0 Å². The second-order valence-electron chi connectivity index (χ2n) is 4.24. The molecule has 0 spiro atoms. The van der Waals surface area contributed by atoms with Crippen LogP contribution in [-0.2, 0) is 51.9 Å².